The fraction of sp³-hybridized carbons (Fsp3) is 0.357. The molecule has 1 unspecified atom stereocenters. The monoisotopic (exact) mass is 233 g/mol. The Morgan fingerprint density at radius 2 is 2.06 bits per heavy atom. The van der Waals surface area contributed by atoms with Crippen LogP contribution in [0.25, 0.3) is 6.08 Å². The molecule has 0 aliphatic carbocycles. The van der Waals surface area contributed by atoms with Crippen molar-refractivity contribution < 1.29 is 9.53 Å². The van der Waals surface area contributed by atoms with Crippen LogP contribution in [0.4, 0.5) is 0 Å². The van der Waals surface area contributed by atoms with Gasteiger partial charge in [0.25, 0.3) is 0 Å². The molecule has 0 saturated carbocycles. The molecule has 1 N–H and O–H groups in total. The SMILES string of the molecule is COCC(C)NC(=O)/C(C)=C\c1ccccc1. The molecule has 1 aromatic carbocycles. The van der Waals surface area contributed by atoms with Gasteiger partial charge in [-0.1, -0.05) is 30.3 Å². The molecule has 0 heterocycles. The predicted molar refractivity (Wildman–Crippen MR) is 69.6 cm³/mol. The van der Waals surface area contributed by atoms with E-state index in [9.17, 15) is 4.79 Å². The summed E-state index contributed by atoms with van der Waals surface area (Å²) in [6.45, 7) is 4.24. The van der Waals surface area contributed by atoms with Gasteiger partial charge in [-0.15, -0.1) is 0 Å². The highest BCUT2D eigenvalue weighted by atomic mass is 16.5. The lowest BCUT2D eigenvalue weighted by Crippen LogP contribution is -2.35. The Morgan fingerprint density at radius 1 is 1.41 bits per heavy atom. The third-order valence-corrected chi connectivity index (χ3v) is 2.34. The molecule has 17 heavy (non-hydrogen) atoms. The van der Waals surface area contributed by atoms with Gasteiger partial charge in [0.2, 0.25) is 5.91 Å². The Hall–Kier alpha value is -1.61. The van der Waals surface area contributed by atoms with Crippen LogP contribution in [-0.4, -0.2) is 25.7 Å². The van der Waals surface area contributed by atoms with E-state index in [0.29, 0.717) is 12.2 Å². The summed E-state index contributed by atoms with van der Waals surface area (Å²) in [5, 5.41) is 2.87. The first-order valence-corrected chi connectivity index (χ1v) is 5.66. The van der Waals surface area contributed by atoms with Gasteiger partial charge >= 0.3 is 0 Å². The molecule has 1 aromatic rings. The van der Waals surface area contributed by atoms with Gasteiger partial charge < -0.3 is 10.1 Å². The number of carbonyl (C=O) groups excluding carboxylic acids is 1. The normalized spacial score (nSPS) is 13.2. The zero-order chi connectivity index (χ0) is 12.7. The van der Waals surface area contributed by atoms with Crippen LogP contribution in [0.2, 0.25) is 0 Å². The molecule has 0 aliphatic rings. The topological polar surface area (TPSA) is 38.3 Å². The molecule has 0 bridgehead atoms. The maximum Gasteiger partial charge on any atom is 0.247 e. The summed E-state index contributed by atoms with van der Waals surface area (Å²) in [5.41, 5.74) is 1.72. The second-order valence-corrected chi connectivity index (χ2v) is 4.07. The van der Waals surface area contributed by atoms with Gasteiger partial charge in [-0.25, -0.2) is 0 Å². The first-order chi connectivity index (χ1) is 8.13. The zero-order valence-corrected chi connectivity index (χ0v) is 10.6. The minimum Gasteiger partial charge on any atom is -0.383 e. The predicted octanol–water partition coefficient (Wildman–Crippen LogP) is 2.24. The van der Waals surface area contributed by atoms with Crippen LogP contribution < -0.4 is 5.32 Å². The number of benzene rings is 1. The molecular formula is C14H19NO2. The summed E-state index contributed by atoms with van der Waals surface area (Å²) in [5.74, 6) is -0.0570. The average molecular weight is 233 g/mol. The van der Waals surface area contributed by atoms with Gasteiger partial charge in [0.05, 0.1) is 6.61 Å². The van der Waals surface area contributed by atoms with Crippen molar-refractivity contribution >= 4 is 12.0 Å². The van der Waals surface area contributed by atoms with Crippen LogP contribution in [0.1, 0.15) is 19.4 Å². The van der Waals surface area contributed by atoms with Gasteiger partial charge in [0, 0.05) is 18.7 Å². The lowest BCUT2D eigenvalue weighted by Gasteiger charge is -2.12. The van der Waals surface area contributed by atoms with Crippen LogP contribution in [-0.2, 0) is 9.53 Å². The van der Waals surface area contributed by atoms with E-state index in [1.165, 1.54) is 0 Å². The highest BCUT2D eigenvalue weighted by Crippen LogP contribution is 2.06. The van der Waals surface area contributed by atoms with Gasteiger partial charge in [-0.2, -0.15) is 0 Å². The van der Waals surface area contributed by atoms with Crippen LogP contribution in [0, 0.1) is 0 Å². The van der Waals surface area contributed by atoms with E-state index in [2.05, 4.69) is 5.32 Å². The van der Waals surface area contributed by atoms with Crippen molar-refractivity contribution in [1.82, 2.24) is 5.32 Å². The quantitative estimate of drug-likeness (QED) is 0.792. The minimum atomic E-state index is -0.0570. The van der Waals surface area contributed by atoms with E-state index in [4.69, 9.17) is 4.74 Å². The molecule has 92 valence electrons. The molecule has 0 saturated heterocycles. The molecule has 0 aromatic heterocycles. The van der Waals surface area contributed by atoms with E-state index in [-0.39, 0.29) is 11.9 Å². The summed E-state index contributed by atoms with van der Waals surface area (Å²) < 4.78 is 4.97. The van der Waals surface area contributed by atoms with Gasteiger partial charge in [-0.3, -0.25) is 4.79 Å². The molecule has 0 radical (unpaired) electrons. The van der Waals surface area contributed by atoms with Crippen LogP contribution >= 0.6 is 0 Å². The summed E-state index contributed by atoms with van der Waals surface area (Å²) in [6, 6.07) is 9.81. The van der Waals surface area contributed by atoms with Gasteiger partial charge in [0.15, 0.2) is 0 Å². The fourth-order valence-electron chi connectivity index (χ4n) is 1.49. The van der Waals surface area contributed by atoms with Crippen molar-refractivity contribution in [3.05, 3.63) is 41.5 Å². The third kappa shape index (κ3) is 4.83. The van der Waals surface area contributed by atoms with Crippen LogP contribution in [0.5, 0.6) is 0 Å². The van der Waals surface area contributed by atoms with E-state index in [0.717, 1.165) is 5.56 Å². The van der Waals surface area contributed by atoms with Crippen LogP contribution in [0.15, 0.2) is 35.9 Å². The highest BCUT2D eigenvalue weighted by Gasteiger charge is 2.08. The lowest BCUT2D eigenvalue weighted by atomic mass is 10.1. The Kier molecular flexibility index (Phi) is 5.43. The highest BCUT2D eigenvalue weighted by molar-refractivity contribution is 5.97. The van der Waals surface area contributed by atoms with Gasteiger partial charge in [-0.05, 0) is 25.5 Å². The molecule has 1 rings (SSSR count). The first kappa shape index (κ1) is 13.5. The molecule has 0 spiro atoms. The summed E-state index contributed by atoms with van der Waals surface area (Å²) in [4.78, 5) is 11.8. The molecule has 3 heteroatoms. The number of hydrogen-bond donors (Lipinski definition) is 1. The van der Waals surface area contributed by atoms with Crippen molar-refractivity contribution in [3.8, 4) is 0 Å². The molecule has 1 amide bonds. The Labute approximate surface area is 102 Å². The molecule has 0 aliphatic heterocycles. The lowest BCUT2D eigenvalue weighted by molar-refractivity contribution is -0.118. The Balaban J connectivity index is 2.61. The Bertz CT molecular complexity index is 384. The number of nitrogens with one attached hydrogen (secondary N) is 1. The van der Waals surface area contributed by atoms with Crippen molar-refractivity contribution in [2.75, 3.05) is 13.7 Å². The molecule has 0 fully saturated rings. The Morgan fingerprint density at radius 3 is 2.65 bits per heavy atom. The van der Waals surface area contributed by atoms with E-state index in [1.54, 1.807) is 7.11 Å². The summed E-state index contributed by atoms with van der Waals surface area (Å²) in [7, 11) is 1.62. The molecular weight excluding hydrogens is 214 g/mol. The number of carbonyl (C=O) groups is 1. The smallest absolute Gasteiger partial charge is 0.247 e. The largest absolute Gasteiger partial charge is 0.383 e. The van der Waals surface area contributed by atoms with Crippen molar-refractivity contribution in [2.24, 2.45) is 0 Å². The number of hydrogen-bond acceptors (Lipinski definition) is 2. The van der Waals surface area contributed by atoms with E-state index >= 15 is 0 Å². The summed E-state index contributed by atoms with van der Waals surface area (Å²) in [6.07, 6.45) is 1.87. The maximum atomic E-state index is 11.8. The van der Waals surface area contributed by atoms with Crippen molar-refractivity contribution in [1.29, 1.82) is 0 Å². The second kappa shape index (κ2) is 6.86. The number of amides is 1. The molecule has 3 nitrogen and oxygen atoms in total. The van der Waals surface area contributed by atoms with Crippen molar-refractivity contribution in [3.63, 3.8) is 0 Å². The second-order valence-electron chi connectivity index (χ2n) is 4.07. The third-order valence-electron chi connectivity index (χ3n) is 2.34. The zero-order valence-electron chi connectivity index (χ0n) is 10.6. The van der Waals surface area contributed by atoms with Crippen molar-refractivity contribution in [2.45, 2.75) is 19.9 Å². The van der Waals surface area contributed by atoms with Crippen LogP contribution in [0.3, 0.4) is 0 Å². The van der Waals surface area contributed by atoms with Gasteiger partial charge in [0.1, 0.15) is 0 Å². The number of rotatable bonds is 5. The number of methoxy groups -OCH3 is 1. The fourth-order valence-corrected chi connectivity index (χ4v) is 1.49. The standard InChI is InChI=1S/C14H19NO2/c1-11(9-13-7-5-4-6-8-13)14(16)15-12(2)10-17-3/h4-9,12H,10H2,1-3H3,(H,15,16)/b11-9-. The minimum absolute atomic E-state index is 0.0200. The average Bonchev–Trinajstić information content (AvgIpc) is 2.30. The summed E-state index contributed by atoms with van der Waals surface area (Å²) >= 11 is 0. The maximum absolute atomic E-state index is 11.8. The number of ether oxygens (including phenoxy) is 1. The first-order valence-electron chi connectivity index (χ1n) is 5.66. The van der Waals surface area contributed by atoms with E-state index in [1.807, 2.05) is 50.3 Å². The van der Waals surface area contributed by atoms with E-state index < -0.39 is 0 Å². The molecule has 1 atom stereocenters.